The van der Waals surface area contributed by atoms with Gasteiger partial charge >= 0.3 is 0 Å². The molecule has 3 nitrogen and oxygen atoms in total. The fraction of sp³-hybridized carbons (Fsp3) is 0.250. The molecule has 0 unspecified atom stereocenters. The molecule has 0 fully saturated rings. The molecule has 0 aromatic carbocycles. The van der Waals surface area contributed by atoms with Gasteiger partial charge in [-0.05, 0) is 24.4 Å². The zero-order valence-corrected chi connectivity index (χ0v) is 10.0. The van der Waals surface area contributed by atoms with Gasteiger partial charge in [0.25, 0.3) is 5.91 Å². The van der Waals surface area contributed by atoms with Crippen molar-refractivity contribution in [2.45, 2.75) is 13.5 Å². The Kier molecular flexibility index (Phi) is 3.10. The third-order valence-corrected chi connectivity index (χ3v) is 3.33. The van der Waals surface area contributed by atoms with Crippen molar-refractivity contribution >= 4 is 27.5 Å². The van der Waals surface area contributed by atoms with Gasteiger partial charge in [-0.2, -0.15) is 0 Å². The van der Waals surface area contributed by atoms with Crippen LogP contribution in [0, 0.1) is 0 Å². The predicted octanol–water partition coefficient (Wildman–Crippen LogP) is 2.64. The third-order valence-electron chi connectivity index (χ3n) is 2.48. The number of carbonyl (C=O) groups excluding carboxylic acids is 1. The van der Waals surface area contributed by atoms with Crippen LogP contribution in [0.3, 0.4) is 0 Å². The van der Waals surface area contributed by atoms with Crippen LogP contribution < -0.4 is 5.32 Å². The Balaban J connectivity index is 2.38. The lowest BCUT2D eigenvalue weighted by Gasteiger charge is -2.06. The summed E-state index contributed by atoms with van der Waals surface area (Å²) in [5, 5.41) is 4.84. The Bertz CT molecular complexity index is 524. The first-order chi connectivity index (χ1) is 7.77. The van der Waals surface area contributed by atoms with Crippen molar-refractivity contribution < 1.29 is 4.79 Å². The maximum Gasteiger partial charge on any atom is 0.268 e. The molecule has 2 aromatic rings. The molecule has 1 N–H and O–H groups in total. The Morgan fingerprint density at radius 2 is 2.50 bits per heavy atom. The van der Waals surface area contributed by atoms with E-state index in [1.807, 2.05) is 29.0 Å². The number of amides is 1. The number of thiophene rings is 1. The van der Waals surface area contributed by atoms with E-state index in [9.17, 15) is 4.79 Å². The molecular weight excluding hydrogens is 220 g/mol. The van der Waals surface area contributed by atoms with Gasteiger partial charge in [0.05, 0.1) is 10.2 Å². The minimum Gasteiger partial charge on any atom is -0.347 e. The molecule has 0 aliphatic carbocycles. The maximum absolute atomic E-state index is 11.9. The summed E-state index contributed by atoms with van der Waals surface area (Å²) >= 11 is 1.66. The minimum atomic E-state index is -0.0369. The normalized spacial score (nSPS) is 10.6. The maximum atomic E-state index is 11.9. The quantitative estimate of drug-likeness (QED) is 0.811. The van der Waals surface area contributed by atoms with Crippen molar-refractivity contribution in [2.75, 3.05) is 6.54 Å². The van der Waals surface area contributed by atoms with E-state index in [1.165, 1.54) is 0 Å². The van der Waals surface area contributed by atoms with E-state index in [1.54, 1.807) is 17.4 Å². The summed E-state index contributed by atoms with van der Waals surface area (Å²) in [4.78, 5) is 11.9. The SMILES string of the molecule is C=CCNC(=O)c1cc2sccc2n1CC. The summed E-state index contributed by atoms with van der Waals surface area (Å²) in [7, 11) is 0. The highest BCUT2D eigenvalue weighted by molar-refractivity contribution is 7.17. The molecule has 0 saturated heterocycles. The van der Waals surface area contributed by atoms with Gasteiger partial charge in [0.2, 0.25) is 0 Å². The molecule has 0 atom stereocenters. The standard InChI is InChI=1S/C12H14N2OS/c1-3-6-13-12(15)10-8-11-9(5-7-16-11)14(10)4-2/h3,5,7-8H,1,4,6H2,2H3,(H,13,15). The number of nitrogens with zero attached hydrogens (tertiary/aromatic N) is 1. The van der Waals surface area contributed by atoms with Crippen LogP contribution in [-0.2, 0) is 6.54 Å². The molecule has 0 radical (unpaired) electrons. The number of aryl methyl sites for hydroxylation is 1. The highest BCUT2D eigenvalue weighted by atomic mass is 32.1. The molecule has 0 bridgehead atoms. The summed E-state index contributed by atoms with van der Waals surface area (Å²) in [5.41, 5.74) is 1.86. The molecule has 84 valence electrons. The van der Waals surface area contributed by atoms with Gasteiger partial charge in [0, 0.05) is 13.1 Å². The van der Waals surface area contributed by atoms with Crippen LogP contribution in [0.5, 0.6) is 0 Å². The van der Waals surface area contributed by atoms with Gasteiger partial charge in [0.15, 0.2) is 0 Å². The molecule has 4 heteroatoms. The molecule has 2 rings (SSSR count). The van der Waals surface area contributed by atoms with Crippen LogP contribution in [0.25, 0.3) is 10.2 Å². The lowest BCUT2D eigenvalue weighted by atomic mass is 10.4. The Morgan fingerprint density at radius 1 is 1.69 bits per heavy atom. The van der Waals surface area contributed by atoms with E-state index >= 15 is 0 Å². The summed E-state index contributed by atoms with van der Waals surface area (Å²) in [6.45, 7) is 6.93. The highest BCUT2D eigenvalue weighted by Crippen LogP contribution is 2.25. The van der Waals surface area contributed by atoms with Crippen molar-refractivity contribution in [2.24, 2.45) is 0 Å². The molecule has 16 heavy (non-hydrogen) atoms. The highest BCUT2D eigenvalue weighted by Gasteiger charge is 2.14. The van der Waals surface area contributed by atoms with Crippen LogP contribution in [-0.4, -0.2) is 17.0 Å². The summed E-state index contributed by atoms with van der Waals surface area (Å²) < 4.78 is 3.19. The van der Waals surface area contributed by atoms with Crippen molar-refractivity contribution in [3.8, 4) is 0 Å². The lowest BCUT2D eigenvalue weighted by Crippen LogP contribution is -2.25. The summed E-state index contributed by atoms with van der Waals surface area (Å²) in [5.74, 6) is -0.0369. The molecular formula is C12H14N2OS. The summed E-state index contributed by atoms with van der Waals surface area (Å²) in [6.07, 6.45) is 1.68. The van der Waals surface area contributed by atoms with Crippen LogP contribution in [0.15, 0.2) is 30.2 Å². The average Bonchev–Trinajstić information content (AvgIpc) is 2.84. The van der Waals surface area contributed by atoms with Gasteiger partial charge in [-0.15, -0.1) is 17.9 Å². The van der Waals surface area contributed by atoms with Gasteiger partial charge in [0.1, 0.15) is 5.69 Å². The molecule has 2 aromatic heterocycles. The number of hydrogen-bond donors (Lipinski definition) is 1. The van der Waals surface area contributed by atoms with Crippen molar-refractivity contribution in [3.05, 3.63) is 35.9 Å². The second kappa shape index (κ2) is 4.53. The Labute approximate surface area is 98.4 Å². The zero-order chi connectivity index (χ0) is 11.5. The van der Waals surface area contributed by atoms with Crippen LogP contribution in [0.1, 0.15) is 17.4 Å². The number of carbonyl (C=O) groups is 1. The molecule has 1 amide bonds. The van der Waals surface area contributed by atoms with E-state index in [0.717, 1.165) is 22.5 Å². The first-order valence-corrected chi connectivity index (χ1v) is 6.11. The first-order valence-electron chi connectivity index (χ1n) is 5.23. The Hall–Kier alpha value is -1.55. The van der Waals surface area contributed by atoms with E-state index in [4.69, 9.17) is 0 Å². The second-order valence-electron chi connectivity index (χ2n) is 3.44. The second-order valence-corrected chi connectivity index (χ2v) is 4.39. The topological polar surface area (TPSA) is 34.0 Å². The van der Waals surface area contributed by atoms with E-state index in [0.29, 0.717) is 6.54 Å². The van der Waals surface area contributed by atoms with Gasteiger partial charge < -0.3 is 9.88 Å². The third kappa shape index (κ3) is 1.76. The van der Waals surface area contributed by atoms with Gasteiger partial charge in [-0.25, -0.2) is 0 Å². The monoisotopic (exact) mass is 234 g/mol. The largest absolute Gasteiger partial charge is 0.347 e. The minimum absolute atomic E-state index is 0.0369. The van der Waals surface area contributed by atoms with Crippen molar-refractivity contribution in [1.29, 1.82) is 0 Å². The van der Waals surface area contributed by atoms with Crippen molar-refractivity contribution in [3.63, 3.8) is 0 Å². The zero-order valence-electron chi connectivity index (χ0n) is 9.19. The number of hydrogen-bond acceptors (Lipinski definition) is 2. The average molecular weight is 234 g/mol. The van der Waals surface area contributed by atoms with E-state index in [2.05, 4.69) is 11.9 Å². The Morgan fingerprint density at radius 3 is 3.19 bits per heavy atom. The van der Waals surface area contributed by atoms with E-state index < -0.39 is 0 Å². The predicted molar refractivity (Wildman–Crippen MR) is 68.0 cm³/mol. The smallest absolute Gasteiger partial charge is 0.268 e. The molecule has 0 aliphatic heterocycles. The van der Waals surface area contributed by atoms with Crippen LogP contribution >= 0.6 is 11.3 Å². The fourth-order valence-electron chi connectivity index (χ4n) is 1.76. The number of aromatic nitrogens is 1. The molecule has 2 heterocycles. The molecule has 0 saturated carbocycles. The van der Waals surface area contributed by atoms with E-state index in [-0.39, 0.29) is 5.91 Å². The fourth-order valence-corrected chi connectivity index (χ4v) is 2.58. The van der Waals surface area contributed by atoms with Crippen LogP contribution in [0.2, 0.25) is 0 Å². The lowest BCUT2D eigenvalue weighted by molar-refractivity contribution is 0.0949. The number of fused-ring (bicyclic) bond motifs is 1. The molecule has 0 aliphatic rings. The van der Waals surface area contributed by atoms with Gasteiger partial charge in [-0.3, -0.25) is 4.79 Å². The number of nitrogens with one attached hydrogen (secondary N) is 1. The number of rotatable bonds is 4. The summed E-state index contributed by atoms with van der Waals surface area (Å²) in [6, 6.07) is 4.00. The van der Waals surface area contributed by atoms with Crippen LogP contribution in [0.4, 0.5) is 0 Å². The van der Waals surface area contributed by atoms with Crippen molar-refractivity contribution in [1.82, 2.24) is 9.88 Å². The first kappa shape index (κ1) is 11.0. The molecule has 0 spiro atoms. The van der Waals surface area contributed by atoms with Gasteiger partial charge in [-0.1, -0.05) is 6.08 Å².